The van der Waals surface area contributed by atoms with Crippen LogP contribution >= 0.6 is 0 Å². The number of nitrogens with zero attached hydrogens (tertiary/aromatic N) is 1. The number of fused-ring (bicyclic) bond motifs is 1. The normalized spacial score (nSPS) is 22.6. The predicted octanol–water partition coefficient (Wildman–Crippen LogP) is 6.22. The van der Waals surface area contributed by atoms with Crippen molar-refractivity contribution in [1.82, 2.24) is 4.90 Å². The molecule has 2 heteroatoms. The minimum absolute atomic E-state index is 0.354. The zero-order valence-corrected chi connectivity index (χ0v) is 18.3. The van der Waals surface area contributed by atoms with Crippen molar-refractivity contribution in [3.63, 3.8) is 0 Å². The number of hydrogen-bond donors (Lipinski definition) is 1. The van der Waals surface area contributed by atoms with E-state index in [-0.39, 0.29) is 6.10 Å². The first-order valence-electron chi connectivity index (χ1n) is 11.9. The molecular weight excluding hydrogens is 378 g/mol. The van der Waals surface area contributed by atoms with Crippen molar-refractivity contribution < 1.29 is 5.11 Å². The van der Waals surface area contributed by atoms with Crippen molar-refractivity contribution in [1.29, 1.82) is 0 Å². The van der Waals surface area contributed by atoms with Gasteiger partial charge in [-0.25, -0.2) is 0 Å². The first-order chi connectivity index (χ1) is 15.3. The molecule has 0 spiro atoms. The standard InChI is InChI=1S/C29H33NO/c31-29-20-22(21-30-18-16-24(17-19-30)23-8-3-1-4-9-23)14-15-27-26(12-7-13-28(27)29)25-10-5-2-6-11-25/h1-13,22,24,29,31H,14-21H2. The Hall–Kier alpha value is -2.42. The second-order valence-electron chi connectivity index (χ2n) is 9.38. The summed E-state index contributed by atoms with van der Waals surface area (Å²) in [4.78, 5) is 2.64. The number of aliphatic hydroxyl groups excluding tert-OH is 1. The molecule has 2 aliphatic rings. The Labute approximate surface area is 186 Å². The van der Waals surface area contributed by atoms with Gasteiger partial charge < -0.3 is 10.0 Å². The van der Waals surface area contributed by atoms with E-state index in [1.165, 1.54) is 48.2 Å². The van der Waals surface area contributed by atoms with Gasteiger partial charge in [0.25, 0.3) is 0 Å². The summed E-state index contributed by atoms with van der Waals surface area (Å²) in [5.41, 5.74) is 6.54. The van der Waals surface area contributed by atoms with Crippen LogP contribution in [0, 0.1) is 5.92 Å². The van der Waals surface area contributed by atoms with Gasteiger partial charge in [-0.1, -0.05) is 78.9 Å². The van der Waals surface area contributed by atoms with Crippen LogP contribution in [0.25, 0.3) is 11.1 Å². The smallest absolute Gasteiger partial charge is 0.0796 e. The number of rotatable bonds is 4. The quantitative estimate of drug-likeness (QED) is 0.515. The van der Waals surface area contributed by atoms with E-state index < -0.39 is 0 Å². The topological polar surface area (TPSA) is 23.5 Å². The van der Waals surface area contributed by atoms with Crippen molar-refractivity contribution in [2.75, 3.05) is 19.6 Å². The number of likely N-dealkylation sites (tertiary alicyclic amines) is 1. The summed E-state index contributed by atoms with van der Waals surface area (Å²) < 4.78 is 0. The predicted molar refractivity (Wildman–Crippen MR) is 128 cm³/mol. The van der Waals surface area contributed by atoms with Crippen molar-refractivity contribution in [3.8, 4) is 11.1 Å². The maximum Gasteiger partial charge on any atom is 0.0796 e. The van der Waals surface area contributed by atoms with Gasteiger partial charge in [0, 0.05) is 6.54 Å². The molecule has 1 heterocycles. The molecule has 0 saturated carbocycles. The monoisotopic (exact) mass is 411 g/mol. The van der Waals surface area contributed by atoms with Crippen LogP contribution in [-0.2, 0) is 6.42 Å². The maximum absolute atomic E-state index is 11.1. The van der Waals surface area contributed by atoms with Crippen LogP contribution < -0.4 is 0 Å². The van der Waals surface area contributed by atoms with E-state index in [2.05, 4.69) is 83.8 Å². The summed E-state index contributed by atoms with van der Waals surface area (Å²) in [6.07, 6.45) is 5.24. The molecular formula is C29H33NO. The molecule has 1 fully saturated rings. The van der Waals surface area contributed by atoms with Crippen LogP contribution in [0.1, 0.15) is 54.4 Å². The van der Waals surface area contributed by atoms with Crippen molar-refractivity contribution in [3.05, 3.63) is 95.6 Å². The third kappa shape index (κ3) is 4.61. The SMILES string of the molecule is OC1CC(CN2CCC(c3ccccc3)CC2)CCc2c(-c3ccccc3)cccc21. The van der Waals surface area contributed by atoms with Crippen LogP contribution in [0.5, 0.6) is 0 Å². The average molecular weight is 412 g/mol. The number of aliphatic hydroxyl groups is 1. The summed E-state index contributed by atoms with van der Waals surface area (Å²) in [6, 6.07) is 28.1. The third-order valence-corrected chi connectivity index (χ3v) is 7.39. The van der Waals surface area contributed by atoms with Crippen molar-refractivity contribution in [2.45, 2.75) is 44.1 Å². The van der Waals surface area contributed by atoms with Crippen LogP contribution in [-0.4, -0.2) is 29.6 Å². The molecule has 0 amide bonds. The van der Waals surface area contributed by atoms with Crippen LogP contribution in [0.15, 0.2) is 78.9 Å². The highest BCUT2D eigenvalue weighted by atomic mass is 16.3. The summed E-state index contributed by atoms with van der Waals surface area (Å²) >= 11 is 0. The van der Waals surface area contributed by atoms with Gasteiger partial charge in [-0.2, -0.15) is 0 Å². The van der Waals surface area contributed by atoms with Crippen LogP contribution in [0.4, 0.5) is 0 Å². The molecule has 0 bridgehead atoms. The molecule has 0 aromatic heterocycles. The molecule has 3 aromatic carbocycles. The van der Waals surface area contributed by atoms with E-state index in [4.69, 9.17) is 0 Å². The maximum atomic E-state index is 11.1. The largest absolute Gasteiger partial charge is 0.388 e. The fourth-order valence-corrected chi connectivity index (χ4v) is 5.70. The Bertz CT molecular complexity index is 976. The Morgan fingerprint density at radius 3 is 2.23 bits per heavy atom. The molecule has 2 nitrogen and oxygen atoms in total. The van der Waals surface area contributed by atoms with Gasteiger partial charge in [-0.15, -0.1) is 0 Å². The fourth-order valence-electron chi connectivity index (χ4n) is 5.70. The zero-order valence-electron chi connectivity index (χ0n) is 18.3. The Morgan fingerprint density at radius 1 is 0.774 bits per heavy atom. The van der Waals surface area contributed by atoms with E-state index in [1.54, 1.807) is 0 Å². The molecule has 31 heavy (non-hydrogen) atoms. The lowest BCUT2D eigenvalue weighted by molar-refractivity contribution is 0.117. The molecule has 2 unspecified atom stereocenters. The zero-order chi connectivity index (χ0) is 21.0. The van der Waals surface area contributed by atoms with Gasteiger partial charge in [-0.3, -0.25) is 0 Å². The van der Waals surface area contributed by atoms with Gasteiger partial charge in [0.15, 0.2) is 0 Å². The van der Waals surface area contributed by atoms with Crippen molar-refractivity contribution >= 4 is 0 Å². The van der Waals surface area contributed by atoms with Gasteiger partial charge >= 0.3 is 0 Å². The van der Waals surface area contributed by atoms with E-state index in [1.807, 2.05) is 0 Å². The molecule has 5 rings (SSSR count). The van der Waals surface area contributed by atoms with Gasteiger partial charge in [0.2, 0.25) is 0 Å². The molecule has 1 aliphatic carbocycles. The van der Waals surface area contributed by atoms with E-state index in [0.717, 1.165) is 31.4 Å². The molecule has 1 N–H and O–H groups in total. The first-order valence-corrected chi connectivity index (χ1v) is 11.9. The second kappa shape index (κ2) is 9.38. The minimum atomic E-state index is -0.354. The molecule has 160 valence electrons. The fraction of sp³-hybridized carbons (Fsp3) is 0.379. The van der Waals surface area contributed by atoms with Crippen molar-refractivity contribution in [2.24, 2.45) is 5.92 Å². The molecule has 1 aliphatic heterocycles. The van der Waals surface area contributed by atoms with E-state index in [9.17, 15) is 5.11 Å². The Kier molecular flexibility index (Phi) is 6.20. The van der Waals surface area contributed by atoms with Gasteiger partial charge in [-0.05, 0) is 84.8 Å². The Balaban J connectivity index is 1.24. The third-order valence-electron chi connectivity index (χ3n) is 7.39. The first kappa shape index (κ1) is 20.5. The lowest BCUT2D eigenvalue weighted by atomic mass is 9.88. The van der Waals surface area contributed by atoms with Gasteiger partial charge in [0.05, 0.1) is 6.10 Å². The Morgan fingerprint density at radius 2 is 1.48 bits per heavy atom. The molecule has 1 saturated heterocycles. The summed E-state index contributed by atoms with van der Waals surface area (Å²) in [5, 5.41) is 11.1. The average Bonchev–Trinajstić information content (AvgIpc) is 2.99. The van der Waals surface area contributed by atoms with E-state index in [0.29, 0.717) is 11.8 Å². The van der Waals surface area contributed by atoms with Crippen LogP contribution in [0.3, 0.4) is 0 Å². The lowest BCUT2D eigenvalue weighted by Crippen LogP contribution is -2.36. The highest BCUT2D eigenvalue weighted by Gasteiger charge is 2.28. The minimum Gasteiger partial charge on any atom is -0.388 e. The number of hydrogen-bond acceptors (Lipinski definition) is 2. The highest BCUT2D eigenvalue weighted by Crippen LogP contribution is 2.38. The summed E-state index contributed by atoms with van der Waals surface area (Å²) in [5.74, 6) is 1.26. The number of benzene rings is 3. The summed E-state index contributed by atoms with van der Waals surface area (Å²) in [6.45, 7) is 3.47. The lowest BCUT2D eigenvalue weighted by Gasteiger charge is -2.34. The molecule has 3 aromatic rings. The summed E-state index contributed by atoms with van der Waals surface area (Å²) in [7, 11) is 0. The second-order valence-corrected chi connectivity index (χ2v) is 9.38. The van der Waals surface area contributed by atoms with E-state index >= 15 is 0 Å². The van der Waals surface area contributed by atoms with Crippen LogP contribution in [0.2, 0.25) is 0 Å². The van der Waals surface area contributed by atoms with Gasteiger partial charge in [0.1, 0.15) is 0 Å². The highest BCUT2D eigenvalue weighted by molar-refractivity contribution is 5.69. The number of piperidine rings is 1. The molecule has 0 radical (unpaired) electrons. The molecule has 2 atom stereocenters.